The van der Waals surface area contributed by atoms with E-state index in [2.05, 4.69) is 26.1 Å². The van der Waals surface area contributed by atoms with Crippen LogP contribution in [0, 0.1) is 11.7 Å². The normalized spacial score (nSPS) is 11.3. The first-order valence-electron chi connectivity index (χ1n) is 7.51. The van der Waals surface area contributed by atoms with Gasteiger partial charge in [0.25, 0.3) is 0 Å². The minimum Gasteiger partial charge on any atom is -0.312 e. The minimum absolute atomic E-state index is 0.181. The molecule has 0 aliphatic heterocycles. The van der Waals surface area contributed by atoms with Crippen molar-refractivity contribution in [3.8, 4) is 0 Å². The van der Waals surface area contributed by atoms with E-state index in [0.29, 0.717) is 12.3 Å². The molecule has 1 heterocycles. The van der Waals surface area contributed by atoms with E-state index < -0.39 is 0 Å². The number of nitrogens with one attached hydrogen (secondary N) is 1. The van der Waals surface area contributed by atoms with Gasteiger partial charge >= 0.3 is 0 Å². The lowest BCUT2D eigenvalue weighted by Crippen LogP contribution is -2.12. The maximum Gasteiger partial charge on any atom is 0.123 e. The SMILES string of the molecule is CCNCc1sc(Cc2cccc(F)c2)nc1CC(C)C. The molecule has 0 aliphatic rings. The summed E-state index contributed by atoms with van der Waals surface area (Å²) in [6, 6.07) is 6.78. The van der Waals surface area contributed by atoms with Crippen LogP contribution in [0.15, 0.2) is 24.3 Å². The molecule has 0 saturated heterocycles. The number of hydrogen-bond donors (Lipinski definition) is 1. The summed E-state index contributed by atoms with van der Waals surface area (Å²) in [6.45, 7) is 8.36. The first kappa shape index (κ1) is 16.1. The molecule has 0 bridgehead atoms. The van der Waals surface area contributed by atoms with Crippen LogP contribution in [0.5, 0.6) is 0 Å². The molecule has 0 amide bonds. The second-order valence-corrected chi connectivity index (χ2v) is 6.83. The number of thiazole rings is 1. The summed E-state index contributed by atoms with van der Waals surface area (Å²) in [5.74, 6) is 0.411. The van der Waals surface area contributed by atoms with Crippen LogP contribution in [0.25, 0.3) is 0 Å². The predicted molar refractivity (Wildman–Crippen MR) is 87.2 cm³/mol. The van der Waals surface area contributed by atoms with Gasteiger partial charge in [0.1, 0.15) is 5.82 Å². The van der Waals surface area contributed by atoms with E-state index in [9.17, 15) is 4.39 Å². The average molecular weight is 306 g/mol. The van der Waals surface area contributed by atoms with Crippen LogP contribution in [-0.4, -0.2) is 11.5 Å². The van der Waals surface area contributed by atoms with E-state index >= 15 is 0 Å². The number of hydrogen-bond acceptors (Lipinski definition) is 3. The highest BCUT2D eigenvalue weighted by molar-refractivity contribution is 7.11. The maximum absolute atomic E-state index is 13.3. The van der Waals surface area contributed by atoms with E-state index in [1.54, 1.807) is 23.5 Å². The van der Waals surface area contributed by atoms with Gasteiger partial charge < -0.3 is 5.32 Å². The third-order valence-corrected chi connectivity index (χ3v) is 4.30. The Morgan fingerprint density at radius 3 is 2.81 bits per heavy atom. The number of halogens is 1. The third-order valence-electron chi connectivity index (χ3n) is 3.20. The van der Waals surface area contributed by atoms with Crippen LogP contribution in [-0.2, 0) is 19.4 Å². The summed E-state index contributed by atoms with van der Waals surface area (Å²) < 4.78 is 13.3. The standard InChI is InChI=1S/C17H23FN2S/c1-4-19-11-16-15(8-12(2)3)20-17(21-16)10-13-6-5-7-14(18)9-13/h5-7,9,12,19H,4,8,10-11H2,1-3H3. The van der Waals surface area contributed by atoms with E-state index in [1.165, 1.54) is 16.6 Å². The Morgan fingerprint density at radius 1 is 1.33 bits per heavy atom. The molecule has 0 unspecified atom stereocenters. The fourth-order valence-corrected chi connectivity index (χ4v) is 3.36. The highest BCUT2D eigenvalue weighted by Crippen LogP contribution is 2.23. The van der Waals surface area contributed by atoms with Crippen LogP contribution in [0.3, 0.4) is 0 Å². The first-order chi connectivity index (χ1) is 10.1. The first-order valence-corrected chi connectivity index (χ1v) is 8.32. The van der Waals surface area contributed by atoms with Crippen LogP contribution in [0.4, 0.5) is 4.39 Å². The summed E-state index contributed by atoms with van der Waals surface area (Å²) in [6.07, 6.45) is 1.71. The topological polar surface area (TPSA) is 24.9 Å². The largest absolute Gasteiger partial charge is 0.312 e. The summed E-state index contributed by atoms with van der Waals surface area (Å²) >= 11 is 1.75. The molecule has 1 aromatic carbocycles. The zero-order valence-corrected chi connectivity index (χ0v) is 13.8. The molecule has 0 fully saturated rings. The smallest absolute Gasteiger partial charge is 0.123 e. The fraction of sp³-hybridized carbons (Fsp3) is 0.471. The Bertz CT molecular complexity index is 578. The van der Waals surface area contributed by atoms with Gasteiger partial charge in [-0.1, -0.05) is 32.9 Å². The Labute approximate surface area is 130 Å². The molecule has 0 atom stereocenters. The molecule has 1 N–H and O–H groups in total. The predicted octanol–water partition coefficient (Wildman–Crippen LogP) is 4.18. The molecule has 21 heavy (non-hydrogen) atoms. The molecule has 0 saturated carbocycles. The third kappa shape index (κ3) is 4.90. The molecule has 2 nitrogen and oxygen atoms in total. The molecule has 114 valence electrons. The van der Waals surface area contributed by atoms with E-state index in [1.807, 2.05) is 6.07 Å². The number of benzene rings is 1. The Balaban J connectivity index is 2.17. The van der Waals surface area contributed by atoms with Crippen molar-refractivity contribution in [2.45, 2.75) is 40.2 Å². The van der Waals surface area contributed by atoms with Crippen LogP contribution >= 0.6 is 11.3 Å². The Hall–Kier alpha value is -1.26. The van der Waals surface area contributed by atoms with Crippen molar-refractivity contribution in [2.75, 3.05) is 6.54 Å². The maximum atomic E-state index is 13.3. The van der Waals surface area contributed by atoms with Crippen molar-refractivity contribution < 1.29 is 4.39 Å². The van der Waals surface area contributed by atoms with Gasteiger partial charge in [-0.05, 0) is 36.6 Å². The molecular weight excluding hydrogens is 283 g/mol. The lowest BCUT2D eigenvalue weighted by Gasteiger charge is -2.04. The van der Waals surface area contributed by atoms with Gasteiger partial charge in [0.05, 0.1) is 10.7 Å². The second kappa shape index (κ2) is 7.66. The van der Waals surface area contributed by atoms with E-state index in [4.69, 9.17) is 4.98 Å². The van der Waals surface area contributed by atoms with Gasteiger partial charge in [0.15, 0.2) is 0 Å². The molecule has 0 spiro atoms. The molecule has 2 rings (SSSR count). The Morgan fingerprint density at radius 2 is 2.14 bits per heavy atom. The van der Waals surface area contributed by atoms with Gasteiger partial charge in [-0.2, -0.15) is 0 Å². The average Bonchev–Trinajstić information content (AvgIpc) is 2.77. The number of rotatable bonds is 7. The summed E-state index contributed by atoms with van der Waals surface area (Å²) in [5.41, 5.74) is 2.18. The summed E-state index contributed by atoms with van der Waals surface area (Å²) in [5, 5.41) is 4.45. The highest BCUT2D eigenvalue weighted by atomic mass is 32.1. The van der Waals surface area contributed by atoms with Gasteiger partial charge in [0.2, 0.25) is 0 Å². The van der Waals surface area contributed by atoms with Gasteiger partial charge in [0, 0.05) is 17.8 Å². The van der Waals surface area contributed by atoms with Crippen molar-refractivity contribution in [3.05, 3.63) is 51.2 Å². The van der Waals surface area contributed by atoms with Crippen molar-refractivity contribution >= 4 is 11.3 Å². The van der Waals surface area contributed by atoms with E-state index in [-0.39, 0.29) is 5.82 Å². The monoisotopic (exact) mass is 306 g/mol. The Kier molecular flexibility index (Phi) is 5.88. The lowest BCUT2D eigenvalue weighted by molar-refractivity contribution is 0.625. The zero-order valence-electron chi connectivity index (χ0n) is 12.9. The molecule has 0 aliphatic carbocycles. The van der Waals surface area contributed by atoms with Gasteiger partial charge in [-0.25, -0.2) is 9.37 Å². The second-order valence-electron chi connectivity index (χ2n) is 5.66. The zero-order chi connectivity index (χ0) is 15.2. The van der Waals surface area contributed by atoms with Crippen LogP contribution in [0.1, 0.15) is 41.9 Å². The summed E-state index contributed by atoms with van der Waals surface area (Å²) in [4.78, 5) is 6.10. The molecule has 4 heteroatoms. The van der Waals surface area contributed by atoms with Gasteiger partial charge in [-0.15, -0.1) is 11.3 Å². The molecular formula is C17H23FN2S. The fourth-order valence-electron chi connectivity index (χ4n) is 2.26. The highest BCUT2D eigenvalue weighted by Gasteiger charge is 2.12. The molecule has 1 aromatic heterocycles. The summed E-state index contributed by atoms with van der Waals surface area (Å²) in [7, 11) is 0. The quantitative estimate of drug-likeness (QED) is 0.830. The molecule has 0 radical (unpaired) electrons. The van der Waals surface area contributed by atoms with Crippen molar-refractivity contribution in [2.24, 2.45) is 5.92 Å². The van der Waals surface area contributed by atoms with E-state index in [0.717, 1.165) is 30.1 Å². The van der Waals surface area contributed by atoms with Crippen molar-refractivity contribution in [1.82, 2.24) is 10.3 Å². The lowest BCUT2D eigenvalue weighted by atomic mass is 10.1. The number of nitrogens with zero attached hydrogens (tertiary/aromatic N) is 1. The number of aromatic nitrogens is 1. The van der Waals surface area contributed by atoms with Crippen molar-refractivity contribution in [3.63, 3.8) is 0 Å². The molecule has 2 aromatic rings. The van der Waals surface area contributed by atoms with Crippen molar-refractivity contribution in [1.29, 1.82) is 0 Å². The van der Waals surface area contributed by atoms with Gasteiger partial charge in [-0.3, -0.25) is 0 Å². The minimum atomic E-state index is -0.181. The van der Waals surface area contributed by atoms with Crippen LogP contribution < -0.4 is 5.32 Å². The van der Waals surface area contributed by atoms with Crippen LogP contribution in [0.2, 0.25) is 0 Å².